The number of sulfonamides is 1. The normalized spacial score (nSPS) is 12.3. The van der Waals surface area contributed by atoms with Crippen LogP contribution in [0.25, 0.3) is 11.5 Å². The number of hydrogen-bond acceptors (Lipinski definition) is 6. The van der Waals surface area contributed by atoms with E-state index in [1.54, 1.807) is 13.8 Å². The number of aryl methyl sites for hydroxylation is 2. The fraction of sp³-hybridized carbons (Fsp3) is 0.400. The largest absolute Gasteiger partial charge is 0.448 e. The van der Waals surface area contributed by atoms with Crippen LogP contribution in [-0.2, 0) is 10.0 Å². The van der Waals surface area contributed by atoms with Crippen molar-refractivity contribution in [2.45, 2.75) is 18.9 Å². The first-order chi connectivity index (χ1) is 8.32. The van der Waals surface area contributed by atoms with Gasteiger partial charge in [-0.2, -0.15) is 4.98 Å². The third kappa shape index (κ3) is 2.04. The zero-order chi connectivity index (χ0) is 13.5. The van der Waals surface area contributed by atoms with Gasteiger partial charge in [-0.05, 0) is 13.8 Å². The van der Waals surface area contributed by atoms with Crippen molar-refractivity contribution in [3.8, 4) is 11.5 Å². The Balaban J connectivity index is 2.52. The summed E-state index contributed by atoms with van der Waals surface area (Å²) in [7, 11) is -0.734. The molecule has 0 unspecified atom stereocenters. The van der Waals surface area contributed by atoms with Crippen molar-refractivity contribution < 1.29 is 17.4 Å². The molecule has 0 aliphatic rings. The summed E-state index contributed by atoms with van der Waals surface area (Å²) in [5.41, 5.74) is 0.482. The van der Waals surface area contributed by atoms with Gasteiger partial charge in [-0.15, -0.1) is 0 Å². The van der Waals surface area contributed by atoms with Crippen molar-refractivity contribution in [3.05, 3.63) is 17.7 Å². The van der Waals surface area contributed by atoms with Crippen molar-refractivity contribution >= 4 is 10.0 Å². The Hall–Kier alpha value is -1.67. The third-order valence-electron chi connectivity index (χ3n) is 2.39. The van der Waals surface area contributed by atoms with E-state index in [2.05, 4.69) is 10.1 Å². The third-order valence-corrected chi connectivity index (χ3v) is 4.06. The van der Waals surface area contributed by atoms with E-state index in [-0.39, 0.29) is 11.0 Å². The van der Waals surface area contributed by atoms with E-state index < -0.39 is 10.0 Å². The molecule has 0 amide bonds. The van der Waals surface area contributed by atoms with Crippen molar-refractivity contribution in [2.75, 3.05) is 14.1 Å². The minimum atomic E-state index is -3.60. The van der Waals surface area contributed by atoms with Crippen LogP contribution in [0.4, 0.5) is 0 Å². The van der Waals surface area contributed by atoms with E-state index in [9.17, 15) is 8.42 Å². The summed E-state index contributed by atoms with van der Waals surface area (Å²) in [6.45, 7) is 3.32. The summed E-state index contributed by atoms with van der Waals surface area (Å²) in [6, 6.07) is 1.39. The summed E-state index contributed by atoms with van der Waals surface area (Å²) < 4.78 is 35.1. The van der Waals surface area contributed by atoms with Gasteiger partial charge >= 0.3 is 0 Å². The Morgan fingerprint density at radius 1 is 1.28 bits per heavy atom. The van der Waals surface area contributed by atoms with Gasteiger partial charge in [0.1, 0.15) is 5.76 Å². The van der Waals surface area contributed by atoms with Crippen LogP contribution in [0.1, 0.15) is 11.6 Å². The highest BCUT2D eigenvalue weighted by Gasteiger charge is 2.25. The number of rotatable bonds is 3. The minimum absolute atomic E-state index is 0.143. The van der Waals surface area contributed by atoms with Gasteiger partial charge in [-0.3, -0.25) is 0 Å². The lowest BCUT2D eigenvalue weighted by Gasteiger charge is -2.07. The Bertz CT molecular complexity index is 669. The first-order valence-electron chi connectivity index (χ1n) is 5.16. The standard InChI is InChI=1S/C10H13N3O4S/c1-6-8(10-11-7(2)12-17-10)5-9(16-6)18(14,15)13(3)4/h5H,1-4H3. The molecule has 0 spiro atoms. The van der Waals surface area contributed by atoms with Crippen LogP contribution in [0.5, 0.6) is 0 Å². The lowest BCUT2D eigenvalue weighted by atomic mass is 10.3. The molecule has 18 heavy (non-hydrogen) atoms. The molecule has 0 radical (unpaired) electrons. The average Bonchev–Trinajstić information content (AvgIpc) is 2.84. The fourth-order valence-electron chi connectivity index (χ4n) is 1.38. The molecule has 0 fully saturated rings. The molecule has 2 heterocycles. The molecule has 0 aliphatic carbocycles. The molecule has 0 saturated carbocycles. The fourth-order valence-corrected chi connectivity index (χ4v) is 2.24. The van der Waals surface area contributed by atoms with Gasteiger partial charge in [0.25, 0.3) is 15.9 Å². The molecule has 2 aromatic heterocycles. The second-order valence-corrected chi connectivity index (χ2v) is 6.05. The van der Waals surface area contributed by atoms with E-state index in [0.717, 1.165) is 4.31 Å². The lowest BCUT2D eigenvalue weighted by Crippen LogP contribution is -2.21. The second kappa shape index (κ2) is 4.21. The predicted molar refractivity (Wildman–Crippen MR) is 62.3 cm³/mol. The van der Waals surface area contributed by atoms with Crippen LogP contribution in [0.15, 0.2) is 20.1 Å². The van der Waals surface area contributed by atoms with Gasteiger partial charge in [-0.1, -0.05) is 5.16 Å². The summed E-state index contributed by atoms with van der Waals surface area (Å²) >= 11 is 0. The van der Waals surface area contributed by atoms with Crippen molar-refractivity contribution in [1.82, 2.24) is 14.4 Å². The highest BCUT2D eigenvalue weighted by Crippen LogP contribution is 2.28. The van der Waals surface area contributed by atoms with Gasteiger partial charge in [0.2, 0.25) is 5.09 Å². The molecule has 8 heteroatoms. The predicted octanol–water partition coefficient (Wildman–Crippen LogP) is 1.20. The van der Waals surface area contributed by atoms with Gasteiger partial charge in [0, 0.05) is 20.2 Å². The van der Waals surface area contributed by atoms with E-state index in [1.807, 2.05) is 0 Å². The molecule has 7 nitrogen and oxygen atoms in total. The maximum atomic E-state index is 11.9. The molecular formula is C10H13N3O4S. The summed E-state index contributed by atoms with van der Waals surface area (Å²) in [5.74, 6) is 1.13. The van der Waals surface area contributed by atoms with Gasteiger partial charge in [0.15, 0.2) is 5.82 Å². The van der Waals surface area contributed by atoms with Gasteiger partial charge in [0.05, 0.1) is 5.56 Å². The SMILES string of the molecule is Cc1noc(-c2cc(S(=O)(=O)N(C)C)oc2C)n1. The number of furan rings is 1. The summed E-state index contributed by atoms with van der Waals surface area (Å²) in [5, 5.41) is 3.51. The quantitative estimate of drug-likeness (QED) is 0.833. The Labute approximate surface area is 104 Å². The molecule has 0 aromatic carbocycles. The van der Waals surface area contributed by atoms with Crippen molar-refractivity contribution in [2.24, 2.45) is 0 Å². The maximum Gasteiger partial charge on any atom is 0.275 e. The lowest BCUT2D eigenvalue weighted by molar-refractivity contribution is 0.407. The van der Waals surface area contributed by atoms with Crippen LogP contribution in [-0.4, -0.2) is 37.0 Å². The molecule has 98 valence electrons. The van der Waals surface area contributed by atoms with Crippen molar-refractivity contribution in [3.63, 3.8) is 0 Å². The zero-order valence-electron chi connectivity index (χ0n) is 10.5. The van der Waals surface area contributed by atoms with E-state index in [0.29, 0.717) is 17.1 Å². The van der Waals surface area contributed by atoms with Crippen LogP contribution >= 0.6 is 0 Å². The Morgan fingerprint density at radius 3 is 2.44 bits per heavy atom. The zero-order valence-corrected chi connectivity index (χ0v) is 11.3. The average molecular weight is 271 g/mol. The van der Waals surface area contributed by atoms with E-state index in [4.69, 9.17) is 8.94 Å². The molecule has 2 rings (SSSR count). The highest BCUT2D eigenvalue weighted by molar-refractivity contribution is 7.88. The first-order valence-corrected chi connectivity index (χ1v) is 6.60. The maximum absolute atomic E-state index is 11.9. The van der Waals surface area contributed by atoms with Crippen LogP contribution in [0, 0.1) is 13.8 Å². The second-order valence-electron chi connectivity index (χ2n) is 3.97. The number of nitrogens with zero attached hydrogens (tertiary/aromatic N) is 3. The molecule has 0 atom stereocenters. The smallest absolute Gasteiger partial charge is 0.275 e. The highest BCUT2D eigenvalue weighted by atomic mass is 32.2. The van der Waals surface area contributed by atoms with Crippen molar-refractivity contribution in [1.29, 1.82) is 0 Å². The van der Waals surface area contributed by atoms with E-state index >= 15 is 0 Å². The van der Waals surface area contributed by atoms with Gasteiger partial charge in [-0.25, -0.2) is 12.7 Å². The molecule has 0 bridgehead atoms. The first kappa shape index (κ1) is 12.8. The minimum Gasteiger partial charge on any atom is -0.448 e. The summed E-state index contributed by atoms with van der Waals surface area (Å²) in [4.78, 5) is 4.04. The molecule has 0 aliphatic heterocycles. The molecule has 2 aromatic rings. The molecule has 0 N–H and O–H groups in total. The van der Waals surface area contributed by atoms with E-state index in [1.165, 1.54) is 20.2 Å². The van der Waals surface area contributed by atoms with Crippen LogP contribution < -0.4 is 0 Å². The molecular weight excluding hydrogens is 258 g/mol. The summed E-state index contributed by atoms with van der Waals surface area (Å²) in [6.07, 6.45) is 0. The van der Waals surface area contributed by atoms with Gasteiger partial charge < -0.3 is 8.94 Å². The van der Waals surface area contributed by atoms with Crippen LogP contribution in [0.2, 0.25) is 0 Å². The number of hydrogen-bond donors (Lipinski definition) is 0. The Kier molecular flexibility index (Phi) is 2.99. The number of aromatic nitrogens is 2. The monoisotopic (exact) mass is 271 g/mol. The topological polar surface area (TPSA) is 89.4 Å². The Morgan fingerprint density at radius 2 is 1.94 bits per heavy atom. The molecule has 0 saturated heterocycles. The van der Waals surface area contributed by atoms with Crippen LogP contribution in [0.3, 0.4) is 0 Å².